The van der Waals surface area contributed by atoms with Crippen LogP contribution in [0.15, 0.2) is 0 Å². The summed E-state index contributed by atoms with van der Waals surface area (Å²) in [4.78, 5) is 57.4. The highest BCUT2D eigenvalue weighted by Crippen LogP contribution is 2.41. The van der Waals surface area contributed by atoms with Gasteiger partial charge in [0.05, 0.1) is 0 Å². The smallest absolute Gasteiger partial charge is 0.339 e. The van der Waals surface area contributed by atoms with E-state index in [0.717, 1.165) is 6.92 Å². The largest absolute Gasteiger partial charge is 0.480 e. The maximum atomic E-state index is 10.9. The first kappa shape index (κ1) is 18.4. The number of nitrogens with zero attached hydrogens (tertiary/aromatic N) is 1. The number of Topliss-reactive ketones (excluding diaryl/α,β-unsaturated/α-hetero) is 1. The molecule has 0 aliphatic carbocycles. The average Bonchev–Trinajstić information content (AvgIpc) is 2.07. The monoisotopic (exact) mass is 319 g/mol. The summed E-state index contributed by atoms with van der Waals surface area (Å²) in [5.41, 5.74) is 0. The van der Waals surface area contributed by atoms with Crippen molar-refractivity contribution in [1.29, 1.82) is 0 Å². The van der Waals surface area contributed by atoms with E-state index in [-0.39, 0.29) is 0 Å². The summed E-state index contributed by atoms with van der Waals surface area (Å²) in [5.74, 6) is -2.19. The minimum absolute atomic E-state index is 0.408. The summed E-state index contributed by atoms with van der Waals surface area (Å²) < 4.78 is 21.7. The number of hydrogen-bond donors (Lipinski definition) is 5. The Balaban J connectivity index is 5.27. The Kier molecular flexibility index (Phi) is 6.50. The van der Waals surface area contributed by atoms with Crippen molar-refractivity contribution in [3.05, 3.63) is 0 Å². The predicted octanol–water partition coefficient (Wildman–Crippen LogP) is -1.01. The first-order valence-electron chi connectivity index (χ1n) is 4.87. The highest BCUT2D eigenvalue weighted by molar-refractivity contribution is 7.52. The molecule has 0 saturated heterocycles. The highest BCUT2D eigenvalue weighted by Gasteiger charge is 2.35. The molecule has 0 spiro atoms. The number of carboxylic acids is 1. The number of carbonyl (C=O) groups is 2. The standard InChI is InChI=1S/C7H15NO9P2/c1-5(9)2-6(7(10)11)8(3-18(12,13)14)4-19(15,16)17/h6H,2-4H2,1H3,(H,10,11)(H2,12,13,14)(H2,15,16,17). The fourth-order valence-electron chi connectivity index (χ4n) is 1.36. The molecule has 1 atom stereocenters. The molecule has 0 aromatic heterocycles. The molecule has 0 bridgehead atoms. The lowest BCUT2D eigenvalue weighted by molar-refractivity contribution is -0.144. The Morgan fingerprint density at radius 2 is 1.42 bits per heavy atom. The molecular formula is C7H15NO9P2. The number of aliphatic carboxylic acids is 1. The van der Waals surface area contributed by atoms with E-state index in [1.54, 1.807) is 0 Å². The quantitative estimate of drug-likeness (QED) is 0.349. The Morgan fingerprint density at radius 1 is 1.05 bits per heavy atom. The maximum Gasteiger partial charge on any atom is 0.339 e. The lowest BCUT2D eigenvalue weighted by atomic mass is 10.1. The minimum Gasteiger partial charge on any atom is -0.480 e. The number of carbonyl (C=O) groups excluding carboxylic acids is 1. The molecule has 0 amide bonds. The van der Waals surface area contributed by atoms with Crippen LogP contribution in [-0.2, 0) is 18.7 Å². The number of ketones is 1. The van der Waals surface area contributed by atoms with Gasteiger partial charge >= 0.3 is 21.2 Å². The van der Waals surface area contributed by atoms with Crippen LogP contribution in [-0.4, -0.2) is 59.9 Å². The normalized spacial score (nSPS) is 14.4. The second-order valence-corrected chi connectivity index (χ2v) is 7.19. The van der Waals surface area contributed by atoms with Crippen molar-refractivity contribution < 1.29 is 43.4 Å². The first-order valence-corrected chi connectivity index (χ1v) is 8.47. The molecule has 12 heteroatoms. The van der Waals surface area contributed by atoms with Crippen LogP contribution in [0.4, 0.5) is 0 Å². The molecule has 5 N–H and O–H groups in total. The number of carboxylic acid groups (broad SMARTS) is 1. The molecule has 0 aromatic carbocycles. The van der Waals surface area contributed by atoms with Crippen molar-refractivity contribution in [2.75, 3.05) is 12.6 Å². The third-order valence-corrected chi connectivity index (χ3v) is 3.40. The lowest BCUT2D eigenvalue weighted by Gasteiger charge is -2.28. The molecule has 0 aliphatic heterocycles. The summed E-state index contributed by atoms with van der Waals surface area (Å²) in [7, 11) is -9.47. The van der Waals surface area contributed by atoms with Gasteiger partial charge in [-0.3, -0.25) is 23.6 Å². The van der Waals surface area contributed by atoms with Gasteiger partial charge in [0.15, 0.2) is 0 Å². The van der Waals surface area contributed by atoms with Crippen molar-refractivity contribution in [2.24, 2.45) is 0 Å². The van der Waals surface area contributed by atoms with Gasteiger partial charge in [-0.1, -0.05) is 0 Å². The highest BCUT2D eigenvalue weighted by atomic mass is 31.2. The Morgan fingerprint density at radius 3 is 1.63 bits per heavy atom. The van der Waals surface area contributed by atoms with Gasteiger partial charge in [-0.15, -0.1) is 0 Å². The molecular weight excluding hydrogens is 304 g/mol. The van der Waals surface area contributed by atoms with E-state index in [2.05, 4.69) is 0 Å². The fraction of sp³-hybridized carbons (Fsp3) is 0.714. The summed E-state index contributed by atoms with van der Waals surface area (Å²) in [6, 6.07) is -1.71. The minimum atomic E-state index is -4.74. The van der Waals surface area contributed by atoms with Crippen molar-refractivity contribution in [2.45, 2.75) is 19.4 Å². The zero-order chi connectivity index (χ0) is 15.4. The summed E-state index contributed by atoms with van der Waals surface area (Å²) in [6.07, 6.45) is -2.94. The maximum absolute atomic E-state index is 10.9. The molecule has 1 unspecified atom stereocenters. The van der Waals surface area contributed by atoms with Crippen molar-refractivity contribution in [3.8, 4) is 0 Å². The third-order valence-electron chi connectivity index (χ3n) is 1.94. The molecule has 0 aromatic rings. The van der Waals surface area contributed by atoms with Gasteiger partial charge < -0.3 is 24.7 Å². The van der Waals surface area contributed by atoms with Crippen molar-refractivity contribution in [1.82, 2.24) is 4.90 Å². The van der Waals surface area contributed by atoms with Crippen molar-refractivity contribution >= 4 is 26.9 Å². The van der Waals surface area contributed by atoms with Crippen LogP contribution in [0, 0.1) is 0 Å². The van der Waals surface area contributed by atoms with E-state index in [9.17, 15) is 18.7 Å². The van der Waals surface area contributed by atoms with E-state index in [0.29, 0.717) is 4.90 Å². The second-order valence-electron chi connectivity index (χ2n) is 3.96. The first-order chi connectivity index (χ1) is 8.32. The fourth-order valence-corrected chi connectivity index (χ4v) is 3.06. The zero-order valence-corrected chi connectivity index (χ0v) is 11.7. The van der Waals surface area contributed by atoms with Gasteiger partial charge in [0.25, 0.3) is 0 Å². The number of hydrogen-bond acceptors (Lipinski definition) is 5. The Hall–Kier alpha value is -0.600. The predicted molar refractivity (Wildman–Crippen MR) is 62.4 cm³/mol. The zero-order valence-electron chi connectivity index (χ0n) is 9.91. The molecule has 0 saturated carbocycles. The van der Waals surface area contributed by atoms with E-state index < -0.39 is 52.0 Å². The summed E-state index contributed by atoms with van der Waals surface area (Å²) in [5, 5.41) is 8.89. The summed E-state index contributed by atoms with van der Waals surface area (Å²) >= 11 is 0. The lowest BCUT2D eigenvalue weighted by Crippen LogP contribution is -2.43. The molecule has 0 radical (unpaired) electrons. The van der Waals surface area contributed by atoms with Crippen LogP contribution in [0.1, 0.15) is 13.3 Å². The second kappa shape index (κ2) is 6.71. The molecule has 0 fully saturated rings. The van der Waals surface area contributed by atoms with Gasteiger partial charge in [0, 0.05) is 6.42 Å². The average molecular weight is 319 g/mol. The summed E-state index contributed by atoms with van der Waals surface area (Å²) in [6.45, 7) is 1.06. The van der Waals surface area contributed by atoms with Crippen molar-refractivity contribution in [3.63, 3.8) is 0 Å². The molecule has 10 nitrogen and oxygen atoms in total. The van der Waals surface area contributed by atoms with Crippen LogP contribution in [0.5, 0.6) is 0 Å². The van der Waals surface area contributed by atoms with Gasteiger partial charge in [-0.25, -0.2) is 0 Å². The Bertz CT molecular complexity index is 414. The number of rotatable bonds is 8. The van der Waals surface area contributed by atoms with E-state index in [1.807, 2.05) is 0 Å². The van der Waals surface area contributed by atoms with Crippen LogP contribution < -0.4 is 0 Å². The molecule has 0 heterocycles. The van der Waals surface area contributed by atoms with Crippen LogP contribution >= 0.6 is 15.2 Å². The van der Waals surface area contributed by atoms with Crippen LogP contribution in [0.25, 0.3) is 0 Å². The van der Waals surface area contributed by atoms with E-state index in [1.165, 1.54) is 0 Å². The van der Waals surface area contributed by atoms with E-state index >= 15 is 0 Å². The van der Waals surface area contributed by atoms with Gasteiger partial charge in [-0.05, 0) is 6.92 Å². The van der Waals surface area contributed by atoms with Crippen LogP contribution in [0.2, 0.25) is 0 Å². The van der Waals surface area contributed by atoms with Gasteiger partial charge in [0.2, 0.25) is 0 Å². The molecule has 19 heavy (non-hydrogen) atoms. The topological polar surface area (TPSA) is 173 Å². The Labute approximate surface area is 108 Å². The van der Waals surface area contributed by atoms with Crippen LogP contribution in [0.3, 0.4) is 0 Å². The SMILES string of the molecule is CC(=O)CC(C(=O)O)N(CP(=O)(O)O)CP(=O)(O)O. The molecule has 0 aliphatic rings. The molecule has 112 valence electrons. The van der Waals surface area contributed by atoms with Gasteiger partial charge in [0.1, 0.15) is 24.4 Å². The third kappa shape index (κ3) is 9.01. The van der Waals surface area contributed by atoms with E-state index in [4.69, 9.17) is 24.7 Å². The van der Waals surface area contributed by atoms with Gasteiger partial charge in [-0.2, -0.15) is 0 Å². The molecule has 0 rings (SSSR count).